The molecule has 1 N–H and O–H groups in total. The van der Waals surface area contributed by atoms with Gasteiger partial charge in [-0.2, -0.15) is 0 Å². The predicted octanol–water partition coefficient (Wildman–Crippen LogP) is 2.58. The highest BCUT2D eigenvalue weighted by molar-refractivity contribution is 5.76. The normalized spacial score (nSPS) is 22.8. The van der Waals surface area contributed by atoms with Crippen LogP contribution >= 0.6 is 0 Å². The molecule has 0 spiro atoms. The van der Waals surface area contributed by atoms with Gasteiger partial charge in [-0.05, 0) is 55.9 Å². The van der Waals surface area contributed by atoms with Crippen molar-refractivity contribution >= 4 is 11.9 Å². The van der Waals surface area contributed by atoms with Crippen LogP contribution in [-0.2, 0) is 14.3 Å². The molecular formula is C21H29NO6. The first kappa shape index (κ1) is 20.5. The maximum Gasteiger partial charge on any atom is 0.309 e. The van der Waals surface area contributed by atoms with Gasteiger partial charge in [0.1, 0.15) is 11.5 Å². The molecule has 2 saturated heterocycles. The van der Waals surface area contributed by atoms with Crippen molar-refractivity contribution < 1.29 is 28.9 Å². The van der Waals surface area contributed by atoms with Crippen LogP contribution in [0.1, 0.15) is 32.1 Å². The first-order valence-corrected chi connectivity index (χ1v) is 9.97. The largest absolute Gasteiger partial charge is 0.497 e. The topological polar surface area (TPSA) is 85.3 Å². The number of hydrogen-bond donors (Lipinski definition) is 1. The number of carbonyl (C=O) groups excluding carboxylic acids is 1. The standard InChI is InChI=1S/C21H29NO6/c1-26-16-4-6-17(7-5-16)27-13-2-3-19(23)22-11-8-15(9-12-22)20-18(21(24)25)10-14-28-20/h4-7,15,18,20H,2-3,8-14H2,1H3,(H,24,25)/t18?,20-/m0/s1. The lowest BCUT2D eigenvalue weighted by Crippen LogP contribution is -2.43. The molecule has 0 aliphatic carbocycles. The monoisotopic (exact) mass is 391 g/mol. The van der Waals surface area contributed by atoms with E-state index in [1.54, 1.807) is 7.11 Å². The third kappa shape index (κ3) is 5.16. The minimum absolute atomic E-state index is 0.138. The summed E-state index contributed by atoms with van der Waals surface area (Å²) in [5.74, 6) is 0.743. The van der Waals surface area contributed by atoms with Gasteiger partial charge in [0.25, 0.3) is 0 Å². The van der Waals surface area contributed by atoms with Crippen LogP contribution in [-0.4, -0.2) is 61.4 Å². The molecule has 2 aliphatic heterocycles. The number of aliphatic carboxylic acids is 1. The van der Waals surface area contributed by atoms with E-state index in [9.17, 15) is 14.7 Å². The Morgan fingerprint density at radius 1 is 1.14 bits per heavy atom. The quantitative estimate of drug-likeness (QED) is 0.686. The minimum Gasteiger partial charge on any atom is -0.497 e. The summed E-state index contributed by atoms with van der Waals surface area (Å²) in [6.45, 7) is 2.36. The fourth-order valence-electron chi connectivity index (χ4n) is 4.06. The number of carboxylic acids is 1. The van der Waals surface area contributed by atoms with Crippen molar-refractivity contribution in [2.45, 2.75) is 38.2 Å². The van der Waals surface area contributed by atoms with Crippen LogP contribution in [0.3, 0.4) is 0 Å². The van der Waals surface area contributed by atoms with Gasteiger partial charge in [-0.3, -0.25) is 9.59 Å². The molecule has 7 heteroatoms. The number of carbonyl (C=O) groups is 2. The van der Waals surface area contributed by atoms with Gasteiger partial charge in [0.05, 0.1) is 25.7 Å². The molecule has 0 bridgehead atoms. The number of methoxy groups -OCH3 is 1. The lowest BCUT2D eigenvalue weighted by molar-refractivity contribution is -0.146. The Morgan fingerprint density at radius 3 is 2.46 bits per heavy atom. The summed E-state index contributed by atoms with van der Waals surface area (Å²) in [7, 11) is 1.62. The number of rotatable bonds is 8. The van der Waals surface area contributed by atoms with Gasteiger partial charge in [0.15, 0.2) is 0 Å². The molecule has 1 aromatic rings. The number of likely N-dealkylation sites (tertiary alicyclic amines) is 1. The van der Waals surface area contributed by atoms with E-state index in [0.29, 0.717) is 45.6 Å². The van der Waals surface area contributed by atoms with Crippen molar-refractivity contribution in [3.8, 4) is 11.5 Å². The zero-order valence-electron chi connectivity index (χ0n) is 16.3. The molecule has 7 nitrogen and oxygen atoms in total. The Labute approximate surface area is 165 Å². The second kappa shape index (κ2) is 9.78. The van der Waals surface area contributed by atoms with Gasteiger partial charge in [0, 0.05) is 26.1 Å². The van der Waals surface area contributed by atoms with Crippen LogP contribution in [0.5, 0.6) is 11.5 Å². The molecule has 2 fully saturated rings. The van der Waals surface area contributed by atoms with E-state index in [2.05, 4.69) is 0 Å². The SMILES string of the molecule is COc1ccc(OCCCC(=O)N2CCC([C@@H]3OCCC3C(=O)O)CC2)cc1. The zero-order valence-corrected chi connectivity index (χ0v) is 16.3. The Balaban J connectivity index is 1.35. The Morgan fingerprint density at radius 2 is 1.82 bits per heavy atom. The average Bonchev–Trinajstić information content (AvgIpc) is 3.22. The number of carboxylic acid groups (broad SMARTS) is 1. The van der Waals surface area contributed by atoms with E-state index >= 15 is 0 Å². The summed E-state index contributed by atoms with van der Waals surface area (Å²) in [4.78, 5) is 25.7. The van der Waals surface area contributed by atoms with Crippen LogP contribution in [0.2, 0.25) is 0 Å². The van der Waals surface area contributed by atoms with E-state index in [0.717, 1.165) is 24.3 Å². The first-order valence-electron chi connectivity index (χ1n) is 9.97. The van der Waals surface area contributed by atoms with Gasteiger partial charge in [-0.15, -0.1) is 0 Å². The fourth-order valence-corrected chi connectivity index (χ4v) is 4.06. The number of hydrogen-bond acceptors (Lipinski definition) is 5. The number of nitrogens with zero attached hydrogens (tertiary/aromatic N) is 1. The summed E-state index contributed by atoms with van der Waals surface area (Å²) in [5.41, 5.74) is 0. The first-order chi connectivity index (χ1) is 13.6. The lowest BCUT2D eigenvalue weighted by Gasteiger charge is -2.35. The maximum atomic E-state index is 12.4. The van der Waals surface area contributed by atoms with E-state index < -0.39 is 11.9 Å². The highest BCUT2D eigenvalue weighted by Crippen LogP contribution is 2.33. The van der Waals surface area contributed by atoms with Gasteiger partial charge in [0.2, 0.25) is 5.91 Å². The van der Waals surface area contributed by atoms with E-state index in [-0.39, 0.29) is 17.9 Å². The molecule has 3 rings (SSSR count). The number of ether oxygens (including phenoxy) is 3. The Kier molecular flexibility index (Phi) is 7.14. The van der Waals surface area contributed by atoms with Crippen molar-refractivity contribution in [2.75, 3.05) is 33.4 Å². The summed E-state index contributed by atoms with van der Waals surface area (Å²) < 4.78 is 16.5. The lowest BCUT2D eigenvalue weighted by atomic mass is 9.84. The highest BCUT2D eigenvalue weighted by Gasteiger charge is 2.40. The van der Waals surface area contributed by atoms with Crippen LogP contribution in [0, 0.1) is 11.8 Å². The molecule has 1 aromatic carbocycles. The van der Waals surface area contributed by atoms with Gasteiger partial charge in [-0.1, -0.05) is 0 Å². The molecule has 0 saturated carbocycles. The van der Waals surface area contributed by atoms with Crippen LogP contribution in [0.25, 0.3) is 0 Å². The summed E-state index contributed by atoms with van der Waals surface area (Å²) in [6, 6.07) is 7.38. The second-order valence-electron chi connectivity index (χ2n) is 7.41. The van der Waals surface area contributed by atoms with Gasteiger partial charge >= 0.3 is 5.97 Å². The molecule has 2 aliphatic rings. The second-order valence-corrected chi connectivity index (χ2v) is 7.41. The van der Waals surface area contributed by atoms with Crippen LogP contribution < -0.4 is 9.47 Å². The zero-order chi connectivity index (χ0) is 19.9. The summed E-state index contributed by atoms with van der Waals surface area (Å²) in [5, 5.41) is 9.32. The predicted molar refractivity (Wildman–Crippen MR) is 103 cm³/mol. The minimum atomic E-state index is -0.766. The third-order valence-electron chi connectivity index (χ3n) is 5.67. The molecule has 0 radical (unpaired) electrons. The summed E-state index contributed by atoms with van der Waals surface area (Å²) >= 11 is 0. The molecule has 1 amide bonds. The van der Waals surface area contributed by atoms with Crippen molar-refractivity contribution in [1.82, 2.24) is 4.90 Å². The van der Waals surface area contributed by atoms with Crippen LogP contribution in [0.15, 0.2) is 24.3 Å². The smallest absolute Gasteiger partial charge is 0.309 e. The number of benzene rings is 1. The molecular weight excluding hydrogens is 362 g/mol. The molecule has 2 atom stereocenters. The van der Waals surface area contributed by atoms with Gasteiger partial charge < -0.3 is 24.2 Å². The van der Waals surface area contributed by atoms with Crippen molar-refractivity contribution in [2.24, 2.45) is 11.8 Å². The molecule has 154 valence electrons. The molecule has 2 heterocycles. The Bertz CT molecular complexity index is 653. The molecule has 0 aromatic heterocycles. The fraction of sp³-hybridized carbons (Fsp3) is 0.619. The maximum absolute atomic E-state index is 12.4. The van der Waals surface area contributed by atoms with Gasteiger partial charge in [-0.25, -0.2) is 0 Å². The van der Waals surface area contributed by atoms with Crippen LogP contribution in [0.4, 0.5) is 0 Å². The van der Waals surface area contributed by atoms with Crippen molar-refractivity contribution in [3.05, 3.63) is 24.3 Å². The van der Waals surface area contributed by atoms with E-state index in [1.165, 1.54) is 0 Å². The van der Waals surface area contributed by atoms with Crippen molar-refractivity contribution in [1.29, 1.82) is 0 Å². The third-order valence-corrected chi connectivity index (χ3v) is 5.67. The van der Waals surface area contributed by atoms with E-state index in [1.807, 2.05) is 29.2 Å². The Hall–Kier alpha value is -2.28. The molecule has 28 heavy (non-hydrogen) atoms. The van der Waals surface area contributed by atoms with E-state index in [4.69, 9.17) is 14.2 Å². The average molecular weight is 391 g/mol. The number of piperidine rings is 1. The summed E-state index contributed by atoms with van der Waals surface area (Å²) in [6.07, 6.45) is 3.13. The van der Waals surface area contributed by atoms with Crippen molar-refractivity contribution in [3.63, 3.8) is 0 Å². The molecule has 1 unspecified atom stereocenters. The highest BCUT2D eigenvalue weighted by atomic mass is 16.5. The number of amides is 1.